The number of hydrogen-bond acceptors (Lipinski definition) is 4. The third-order valence-corrected chi connectivity index (χ3v) is 8.26. The van der Waals surface area contributed by atoms with E-state index in [4.69, 9.17) is 9.73 Å². The standard InChI is InChI=1S/C28H31NO3S/c1-3-5-19-28(4-2)21-33(30,31)26-14-10-9-13-25(26)27(29-28)23-15-17-24(18-16-23)32-20-22-11-7-6-8-12-22/h6-18H,3-5,19-21H2,1-2H3. The summed E-state index contributed by atoms with van der Waals surface area (Å²) < 4.78 is 32.7. The molecule has 1 aliphatic rings. The maximum atomic E-state index is 13.4. The summed E-state index contributed by atoms with van der Waals surface area (Å²) in [5.41, 5.74) is 2.83. The molecule has 0 N–H and O–H groups in total. The van der Waals surface area contributed by atoms with Crippen LogP contribution in [0.1, 0.15) is 56.2 Å². The van der Waals surface area contributed by atoms with Gasteiger partial charge in [-0.1, -0.05) is 75.2 Å². The SMILES string of the molecule is CCCCC1(CC)CS(=O)(=O)c2ccccc2C(c2ccc(OCc3ccccc3)cc2)=N1. The summed E-state index contributed by atoms with van der Waals surface area (Å²) in [7, 11) is -3.46. The van der Waals surface area contributed by atoms with Crippen molar-refractivity contribution in [3.63, 3.8) is 0 Å². The molecular weight excluding hydrogens is 430 g/mol. The molecule has 0 spiro atoms. The van der Waals surface area contributed by atoms with Crippen molar-refractivity contribution in [1.82, 2.24) is 0 Å². The Balaban J connectivity index is 1.72. The first kappa shape index (κ1) is 23.2. The molecule has 33 heavy (non-hydrogen) atoms. The zero-order valence-electron chi connectivity index (χ0n) is 19.3. The largest absolute Gasteiger partial charge is 0.489 e. The molecule has 1 atom stereocenters. The molecule has 0 amide bonds. The lowest BCUT2D eigenvalue weighted by atomic mass is 9.91. The van der Waals surface area contributed by atoms with Crippen molar-refractivity contribution in [3.05, 3.63) is 95.6 Å². The van der Waals surface area contributed by atoms with Crippen LogP contribution in [0, 0.1) is 0 Å². The topological polar surface area (TPSA) is 55.7 Å². The molecule has 1 unspecified atom stereocenters. The smallest absolute Gasteiger partial charge is 0.181 e. The highest BCUT2D eigenvalue weighted by Gasteiger charge is 2.38. The van der Waals surface area contributed by atoms with Gasteiger partial charge in [0.05, 0.1) is 21.9 Å². The Bertz CT molecular complexity index is 1220. The van der Waals surface area contributed by atoms with Gasteiger partial charge in [0.15, 0.2) is 9.84 Å². The lowest BCUT2D eigenvalue weighted by Gasteiger charge is -2.28. The van der Waals surface area contributed by atoms with Crippen LogP contribution in [0.15, 0.2) is 88.8 Å². The molecule has 0 radical (unpaired) electrons. The zero-order chi connectivity index (χ0) is 23.3. The van der Waals surface area contributed by atoms with Gasteiger partial charge in [-0.25, -0.2) is 8.42 Å². The van der Waals surface area contributed by atoms with Crippen molar-refractivity contribution in [1.29, 1.82) is 0 Å². The number of sulfone groups is 1. The molecular formula is C28H31NO3S. The van der Waals surface area contributed by atoms with Crippen molar-refractivity contribution in [2.45, 2.75) is 56.6 Å². The van der Waals surface area contributed by atoms with E-state index in [2.05, 4.69) is 6.92 Å². The Morgan fingerprint density at radius 2 is 1.61 bits per heavy atom. The molecule has 1 aliphatic heterocycles. The minimum absolute atomic E-state index is 0.0509. The van der Waals surface area contributed by atoms with E-state index in [9.17, 15) is 8.42 Å². The first-order chi connectivity index (χ1) is 16.0. The Kier molecular flexibility index (Phi) is 6.99. The molecule has 4 nitrogen and oxygen atoms in total. The molecule has 3 aromatic rings. The van der Waals surface area contributed by atoms with E-state index in [0.717, 1.165) is 41.9 Å². The van der Waals surface area contributed by atoms with Gasteiger partial charge in [0.1, 0.15) is 12.4 Å². The highest BCUT2D eigenvalue weighted by molar-refractivity contribution is 7.91. The van der Waals surface area contributed by atoms with E-state index >= 15 is 0 Å². The van der Waals surface area contributed by atoms with Crippen LogP contribution in [0.5, 0.6) is 5.75 Å². The second kappa shape index (κ2) is 9.92. The van der Waals surface area contributed by atoms with Gasteiger partial charge in [0.2, 0.25) is 0 Å². The van der Waals surface area contributed by atoms with Crippen LogP contribution in [0.2, 0.25) is 0 Å². The van der Waals surface area contributed by atoms with Crippen molar-refractivity contribution < 1.29 is 13.2 Å². The Morgan fingerprint density at radius 3 is 2.30 bits per heavy atom. The van der Waals surface area contributed by atoms with Gasteiger partial charge < -0.3 is 4.74 Å². The molecule has 0 aromatic heterocycles. The van der Waals surface area contributed by atoms with Crippen LogP contribution in [0.25, 0.3) is 0 Å². The summed E-state index contributed by atoms with van der Waals surface area (Å²) >= 11 is 0. The van der Waals surface area contributed by atoms with E-state index in [-0.39, 0.29) is 5.75 Å². The predicted molar refractivity (Wildman–Crippen MR) is 134 cm³/mol. The summed E-state index contributed by atoms with van der Waals surface area (Å²) in [6, 6.07) is 25.1. The van der Waals surface area contributed by atoms with E-state index in [1.165, 1.54) is 0 Å². The lowest BCUT2D eigenvalue weighted by Crippen LogP contribution is -2.34. The molecule has 0 aliphatic carbocycles. The summed E-state index contributed by atoms with van der Waals surface area (Å²) in [5.74, 6) is 0.820. The van der Waals surface area contributed by atoms with Gasteiger partial charge in [0, 0.05) is 11.1 Å². The Labute approximate surface area is 197 Å². The number of nitrogens with zero attached hydrogens (tertiary/aromatic N) is 1. The van der Waals surface area contributed by atoms with Crippen LogP contribution in [0.4, 0.5) is 0 Å². The second-order valence-electron chi connectivity index (χ2n) is 8.70. The zero-order valence-corrected chi connectivity index (χ0v) is 20.1. The fourth-order valence-electron chi connectivity index (χ4n) is 4.36. The predicted octanol–water partition coefficient (Wildman–Crippen LogP) is 6.23. The summed E-state index contributed by atoms with van der Waals surface area (Å²) in [5, 5.41) is 0. The first-order valence-corrected chi connectivity index (χ1v) is 13.3. The van der Waals surface area contributed by atoms with Crippen molar-refractivity contribution >= 4 is 15.5 Å². The molecule has 0 bridgehead atoms. The van der Waals surface area contributed by atoms with Crippen molar-refractivity contribution in [3.8, 4) is 5.75 Å². The average Bonchev–Trinajstić information content (AvgIpc) is 2.95. The quantitative estimate of drug-likeness (QED) is 0.400. The fourth-order valence-corrected chi connectivity index (χ4v) is 6.42. The minimum atomic E-state index is -3.46. The van der Waals surface area contributed by atoms with Crippen molar-refractivity contribution in [2.75, 3.05) is 5.75 Å². The molecule has 0 saturated heterocycles. The highest BCUT2D eigenvalue weighted by atomic mass is 32.2. The number of ether oxygens (including phenoxy) is 1. The maximum Gasteiger partial charge on any atom is 0.181 e. The minimum Gasteiger partial charge on any atom is -0.489 e. The van der Waals surface area contributed by atoms with Gasteiger partial charge in [-0.3, -0.25) is 4.99 Å². The van der Waals surface area contributed by atoms with Gasteiger partial charge in [0.25, 0.3) is 0 Å². The van der Waals surface area contributed by atoms with Crippen LogP contribution < -0.4 is 4.74 Å². The van der Waals surface area contributed by atoms with Gasteiger partial charge >= 0.3 is 0 Å². The third kappa shape index (κ3) is 5.19. The van der Waals surface area contributed by atoms with Gasteiger partial charge in [-0.05, 0) is 48.7 Å². The van der Waals surface area contributed by atoms with Crippen LogP contribution in [-0.4, -0.2) is 25.4 Å². The monoisotopic (exact) mass is 461 g/mol. The Hall–Kier alpha value is -2.92. The summed E-state index contributed by atoms with van der Waals surface area (Å²) in [4.78, 5) is 5.57. The van der Waals surface area contributed by atoms with E-state index in [0.29, 0.717) is 23.5 Å². The number of rotatable bonds is 8. The lowest BCUT2D eigenvalue weighted by molar-refractivity contribution is 0.306. The third-order valence-electron chi connectivity index (χ3n) is 6.31. The van der Waals surface area contributed by atoms with E-state index in [1.807, 2.05) is 73.7 Å². The maximum absolute atomic E-state index is 13.4. The number of hydrogen-bond donors (Lipinski definition) is 0. The Morgan fingerprint density at radius 1 is 0.909 bits per heavy atom. The van der Waals surface area contributed by atoms with Gasteiger partial charge in [-0.15, -0.1) is 0 Å². The van der Waals surface area contributed by atoms with Gasteiger partial charge in [-0.2, -0.15) is 0 Å². The fraction of sp³-hybridized carbons (Fsp3) is 0.321. The number of benzene rings is 3. The molecule has 172 valence electrons. The second-order valence-corrected chi connectivity index (χ2v) is 10.7. The number of unbranched alkanes of at least 4 members (excludes halogenated alkanes) is 1. The van der Waals surface area contributed by atoms with Crippen molar-refractivity contribution in [2.24, 2.45) is 4.99 Å². The number of fused-ring (bicyclic) bond motifs is 1. The molecule has 0 fully saturated rings. The summed E-state index contributed by atoms with van der Waals surface area (Å²) in [6.07, 6.45) is 3.40. The van der Waals surface area contributed by atoms with Crippen LogP contribution in [-0.2, 0) is 16.4 Å². The van der Waals surface area contributed by atoms with Crippen LogP contribution in [0.3, 0.4) is 0 Å². The van der Waals surface area contributed by atoms with E-state index < -0.39 is 15.4 Å². The average molecular weight is 462 g/mol. The molecule has 5 heteroatoms. The molecule has 4 rings (SSSR count). The molecule has 0 saturated carbocycles. The molecule has 1 heterocycles. The van der Waals surface area contributed by atoms with E-state index in [1.54, 1.807) is 12.1 Å². The normalized spacial score (nSPS) is 19.3. The highest BCUT2D eigenvalue weighted by Crippen LogP contribution is 2.35. The summed E-state index contributed by atoms with van der Waals surface area (Å²) in [6.45, 7) is 4.67. The van der Waals surface area contributed by atoms with Crippen LogP contribution >= 0.6 is 0 Å². The number of aliphatic imine (C=N–C) groups is 1. The first-order valence-electron chi connectivity index (χ1n) is 11.7. The molecule has 3 aromatic carbocycles.